The van der Waals surface area contributed by atoms with Crippen molar-refractivity contribution in [3.63, 3.8) is 0 Å². The van der Waals surface area contributed by atoms with Gasteiger partial charge < -0.3 is 4.57 Å². The number of carbonyl (C=O) groups is 1. The zero-order valence-corrected chi connectivity index (χ0v) is 14.9. The summed E-state index contributed by atoms with van der Waals surface area (Å²) in [4.78, 5) is 16.9. The number of benzene rings is 2. The largest absolute Gasteiger partial charge is 0.313 e. The van der Waals surface area contributed by atoms with E-state index in [1.807, 2.05) is 42.8 Å². The second-order valence-corrected chi connectivity index (χ2v) is 6.53. The van der Waals surface area contributed by atoms with Crippen LogP contribution in [0.1, 0.15) is 15.9 Å². The number of halogens is 2. The summed E-state index contributed by atoms with van der Waals surface area (Å²) in [5.74, 6) is 0.331. The first kappa shape index (κ1) is 15.3. The molecule has 0 spiro atoms. The van der Waals surface area contributed by atoms with Gasteiger partial charge in [-0.1, -0.05) is 23.7 Å². The van der Waals surface area contributed by atoms with E-state index in [-0.39, 0.29) is 5.91 Å². The summed E-state index contributed by atoms with van der Waals surface area (Å²) in [6.07, 6.45) is 0. The molecule has 6 heteroatoms. The third-order valence-corrected chi connectivity index (χ3v) is 5.17. The summed E-state index contributed by atoms with van der Waals surface area (Å²) >= 11 is 8.17. The van der Waals surface area contributed by atoms with E-state index in [4.69, 9.17) is 11.6 Å². The lowest BCUT2D eigenvalue weighted by atomic mass is 10.1. The van der Waals surface area contributed by atoms with E-state index >= 15 is 0 Å². The molecule has 2 aromatic carbocycles. The van der Waals surface area contributed by atoms with Crippen LogP contribution in [0.15, 0.2) is 36.4 Å². The topological polar surface area (TPSA) is 46.9 Å². The van der Waals surface area contributed by atoms with Gasteiger partial charge in [0.2, 0.25) is 5.95 Å². The molecule has 22 heavy (non-hydrogen) atoms. The molecule has 1 aromatic heterocycles. The van der Waals surface area contributed by atoms with Gasteiger partial charge >= 0.3 is 0 Å². The van der Waals surface area contributed by atoms with Crippen LogP contribution < -0.4 is 5.32 Å². The van der Waals surface area contributed by atoms with Crippen molar-refractivity contribution in [2.45, 2.75) is 6.92 Å². The molecule has 0 radical (unpaired) electrons. The number of hydrogen-bond donors (Lipinski definition) is 1. The van der Waals surface area contributed by atoms with Gasteiger partial charge in [0.15, 0.2) is 0 Å². The Bertz CT molecular complexity index is 888. The lowest BCUT2D eigenvalue weighted by Crippen LogP contribution is -2.16. The number of fused-ring (bicyclic) bond motifs is 1. The lowest BCUT2D eigenvalue weighted by molar-refractivity contribution is 0.102. The van der Waals surface area contributed by atoms with Crippen LogP contribution in [0.4, 0.5) is 5.95 Å². The number of hydrogen-bond acceptors (Lipinski definition) is 2. The average Bonchev–Trinajstić information content (AvgIpc) is 2.77. The van der Waals surface area contributed by atoms with E-state index < -0.39 is 0 Å². The molecule has 112 valence electrons. The van der Waals surface area contributed by atoms with Gasteiger partial charge in [0, 0.05) is 15.6 Å². The maximum absolute atomic E-state index is 12.5. The Balaban J connectivity index is 1.97. The van der Waals surface area contributed by atoms with E-state index in [2.05, 4.69) is 32.9 Å². The Labute approximate surface area is 146 Å². The van der Waals surface area contributed by atoms with Gasteiger partial charge in [-0.25, -0.2) is 4.98 Å². The highest BCUT2D eigenvalue weighted by Gasteiger charge is 2.15. The Morgan fingerprint density at radius 2 is 2.09 bits per heavy atom. The first-order valence-corrected chi connectivity index (χ1v) is 8.11. The quantitative estimate of drug-likeness (QED) is 0.619. The van der Waals surface area contributed by atoms with Gasteiger partial charge in [-0.3, -0.25) is 10.1 Å². The molecule has 4 nitrogen and oxygen atoms in total. The van der Waals surface area contributed by atoms with Crippen molar-refractivity contribution < 1.29 is 4.79 Å². The van der Waals surface area contributed by atoms with Crippen LogP contribution in [-0.2, 0) is 7.05 Å². The molecule has 0 aliphatic heterocycles. The maximum Gasteiger partial charge on any atom is 0.259 e. The monoisotopic (exact) mass is 425 g/mol. The van der Waals surface area contributed by atoms with E-state index in [1.165, 1.54) is 0 Å². The van der Waals surface area contributed by atoms with Gasteiger partial charge in [-0.05, 0) is 59.3 Å². The SMILES string of the molecule is Cc1cccc(C(=O)Nc2nc3cc(Cl)ccc3n2C)c1I. The molecule has 0 fully saturated rings. The molecule has 3 rings (SSSR count). The van der Waals surface area contributed by atoms with Gasteiger partial charge in [0.1, 0.15) is 0 Å². The number of imidazole rings is 1. The number of aromatic nitrogens is 2. The van der Waals surface area contributed by atoms with E-state index in [0.717, 1.165) is 20.2 Å². The van der Waals surface area contributed by atoms with Crippen LogP contribution in [0.2, 0.25) is 5.02 Å². The Morgan fingerprint density at radius 3 is 2.86 bits per heavy atom. The van der Waals surface area contributed by atoms with Crippen molar-refractivity contribution >= 4 is 57.1 Å². The Kier molecular flexibility index (Phi) is 4.10. The molecule has 0 aliphatic rings. The van der Waals surface area contributed by atoms with Gasteiger partial charge in [-0.15, -0.1) is 0 Å². The molecule has 3 aromatic rings. The summed E-state index contributed by atoms with van der Waals surface area (Å²) in [6, 6.07) is 11.1. The standard InChI is InChI=1S/C16H13ClIN3O/c1-9-4-3-5-11(14(9)18)15(22)20-16-19-12-8-10(17)6-7-13(12)21(16)2/h3-8H,1-2H3,(H,19,20,22). The van der Waals surface area contributed by atoms with Gasteiger partial charge in [0.05, 0.1) is 16.6 Å². The number of nitrogens with one attached hydrogen (secondary N) is 1. The van der Waals surface area contributed by atoms with E-state index in [1.54, 1.807) is 12.1 Å². The van der Waals surface area contributed by atoms with Crippen LogP contribution >= 0.6 is 34.2 Å². The van der Waals surface area contributed by atoms with Crippen molar-refractivity contribution in [2.75, 3.05) is 5.32 Å². The molecule has 1 amide bonds. The zero-order chi connectivity index (χ0) is 15.9. The first-order valence-electron chi connectivity index (χ1n) is 6.66. The molecule has 1 N–H and O–H groups in total. The molecule has 0 unspecified atom stereocenters. The van der Waals surface area contributed by atoms with Gasteiger partial charge in [0.25, 0.3) is 5.91 Å². The van der Waals surface area contributed by atoms with Crippen LogP contribution in [0, 0.1) is 10.5 Å². The predicted molar refractivity (Wildman–Crippen MR) is 97.6 cm³/mol. The van der Waals surface area contributed by atoms with E-state index in [9.17, 15) is 4.79 Å². The van der Waals surface area contributed by atoms with E-state index in [0.29, 0.717) is 16.5 Å². The molecule has 0 saturated heterocycles. The third kappa shape index (κ3) is 2.70. The zero-order valence-electron chi connectivity index (χ0n) is 12.0. The highest BCUT2D eigenvalue weighted by molar-refractivity contribution is 14.1. The number of aryl methyl sites for hydroxylation is 2. The number of amides is 1. The lowest BCUT2D eigenvalue weighted by Gasteiger charge is -2.08. The smallest absolute Gasteiger partial charge is 0.259 e. The van der Waals surface area contributed by atoms with Crippen molar-refractivity contribution in [1.29, 1.82) is 0 Å². The summed E-state index contributed by atoms with van der Waals surface area (Å²) in [5, 5.41) is 3.49. The first-order chi connectivity index (χ1) is 10.5. The van der Waals surface area contributed by atoms with Crippen molar-refractivity contribution in [3.05, 3.63) is 56.1 Å². The van der Waals surface area contributed by atoms with Crippen LogP contribution in [0.5, 0.6) is 0 Å². The Morgan fingerprint density at radius 1 is 1.32 bits per heavy atom. The minimum atomic E-state index is -0.169. The highest BCUT2D eigenvalue weighted by atomic mass is 127. The summed E-state index contributed by atoms with van der Waals surface area (Å²) in [6.45, 7) is 1.98. The minimum Gasteiger partial charge on any atom is -0.313 e. The van der Waals surface area contributed by atoms with Gasteiger partial charge in [-0.2, -0.15) is 0 Å². The fourth-order valence-corrected chi connectivity index (χ4v) is 3.05. The van der Waals surface area contributed by atoms with Crippen molar-refractivity contribution in [2.24, 2.45) is 7.05 Å². The number of carbonyl (C=O) groups excluding carboxylic acids is 1. The second kappa shape index (κ2) is 5.89. The number of anilines is 1. The number of rotatable bonds is 2. The predicted octanol–water partition coefficient (Wildman–Crippen LogP) is 4.39. The molecule has 0 atom stereocenters. The van der Waals surface area contributed by atoms with Crippen molar-refractivity contribution in [1.82, 2.24) is 9.55 Å². The summed E-state index contributed by atoms with van der Waals surface area (Å²) < 4.78 is 2.78. The Hall–Kier alpha value is -1.60. The fourth-order valence-electron chi connectivity index (χ4n) is 2.28. The average molecular weight is 426 g/mol. The molecule has 0 saturated carbocycles. The highest BCUT2D eigenvalue weighted by Crippen LogP contribution is 2.23. The van der Waals surface area contributed by atoms with Crippen LogP contribution in [-0.4, -0.2) is 15.5 Å². The minimum absolute atomic E-state index is 0.169. The summed E-state index contributed by atoms with van der Waals surface area (Å²) in [7, 11) is 1.86. The second-order valence-electron chi connectivity index (χ2n) is 5.02. The normalized spacial score (nSPS) is 10.9. The van der Waals surface area contributed by atoms with Crippen LogP contribution in [0.3, 0.4) is 0 Å². The van der Waals surface area contributed by atoms with Crippen molar-refractivity contribution in [3.8, 4) is 0 Å². The van der Waals surface area contributed by atoms with Crippen LogP contribution in [0.25, 0.3) is 11.0 Å². The molecular weight excluding hydrogens is 413 g/mol. The molecule has 0 aliphatic carbocycles. The number of nitrogens with zero attached hydrogens (tertiary/aromatic N) is 2. The summed E-state index contributed by atoms with van der Waals surface area (Å²) in [5.41, 5.74) is 3.39. The maximum atomic E-state index is 12.5. The fraction of sp³-hybridized carbons (Fsp3) is 0.125. The molecule has 0 bridgehead atoms. The molecular formula is C16H13ClIN3O. The molecule has 1 heterocycles. The third-order valence-electron chi connectivity index (χ3n) is 3.50.